The molecule has 0 radical (unpaired) electrons. The van der Waals surface area contributed by atoms with Crippen molar-refractivity contribution in [2.75, 3.05) is 0 Å². The average molecular weight is 164 g/mol. The largest absolute Gasteiger partial charge is 0.391 e. The van der Waals surface area contributed by atoms with Crippen molar-refractivity contribution in [3.05, 3.63) is 0 Å². The van der Waals surface area contributed by atoms with Crippen molar-refractivity contribution >= 4 is 0 Å². The molecule has 1 fully saturated rings. The molecule has 0 aliphatic carbocycles. The van der Waals surface area contributed by atoms with Gasteiger partial charge in [-0.2, -0.15) is 0 Å². The molecule has 0 aromatic heterocycles. The molecule has 0 unspecified atom stereocenters. The van der Waals surface area contributed by atoms with Gasteiger partial charge in [-0.25, -0.2) is 0 Å². The number of hydrogen-bond donors (Lipinski definition) is 4. The van der Waals surface area contributed by atoms with E-state index in [-0.39, 0.29) is 0 Å². The van der Waals surface area contributed by atoms with E-state index in [2.05, 4.69) is 4.74 Å². The fourth-order valence-electron chi connectivity index (χ4n) is 1.08. The molecule has 4 N–H and O–H groups in total. The summed E-state index contributed by atoms with van der Waals surface area (Å²) in [6.07, 6.45) is -5.75. The summed E-state index contributed by atoms with van der Waals surface area (Å²) < 4.78 is 4.65. The summed E-state index contributed by atoms with van der Waals surface area (Å²) in [7, 11) is 0. The highest BCUT2D eigenvalue weighted by Crippen LogP contribution is 2.21. The Hall–Kier alpha value is -0.200. The van der Waals surface area contributed by atoms with Crippen LogP contribution in [0.25, 0.3) is 0 Å². The summed E-state index contributed by atoms with van der Waals surface area (Å²) in [5.74, 6) is 0. The Bertz CT molecular complexity index is 137. The van der Waals surface area contributed by atoms with Crippen molar-refractivity contribution < 1.29 is 25.2 Å². The van der Waals surface area contributed by atoms with Crippen molar-refractivity contribution in [1.29, 1.82) is 0 Å². The third kappa shape index (κ3) is 1.52. The summed E-state index contributed by atoms with van der Waals surface area (Å²) in [5, 5.41) is 35.8. The first-order valence-corrected chi connectivity index (χ1v) is 3.41. The molecule has 0 spiro atoms. The highest BCUT2D eigenvalue weighted by molar-refractivity contribution is 4.88. The molecule has 0 amide bonds. The fraction of sp³-hybridized carbons (Fsp3) is 1.00. The van der Waals surface area contributed by atoms with E-state index in [4.69, 9.17) is 20.4 Å². The molecular weight excluding hydrogens is 152 g/mol. The van der Waals surface area contributed by atoms with Crippen LogP contribution < -0.4 is 0 Å². The van der Waals surface area contributed by atoms with E-state index < -0.39 is 30.7 Å². The standard InChI is InChI=1S/C6H12O5/c1-2(7)5-3(8)4(9)6(10)11-5/h2-10H,1H3/t2-,3-,4-,5+,6-/m1/s1. The van der Waals surface area contributed by atoms with Crippen LogP contribution in [0.1, 0.15) is 6.92 Å². The molecule has 1 saturated heterocycles. The molecule has 0 saturated carbocycles. The minimum atomic E-state index is -1.40. The summed E-state index contributed by atoms with van der Waals surface area (Å²) in [6, 6.07) is 0. The van der Waals surface area contributed by atoms with Crippen LogP contribution in [0.2, 0.25) is 0 Å². The van der Waals surface area contributed by atoms with Crippen molar-refractivity contribution in [3.63, 3.8) is 0 Å². The zero-order chi connectivity index (χ0) is 8.59. The number of ether oxygens (including phenoxy) is 1. The number of hydrogen-bond acceptors (Lipinski definition) is 5. The van der Waals surface area contributed by atoms with Gasteiger partial charge in [-0.1, -0.05) is 0 Å². The normalized spacial score (nSPS) is 47.7. The number of rotatable bonds is 1. The molecular formula is C6H12O5. The molecule has 0 aromatic carbocycles. The topological polar surface area (TPSA) is 90.2 Å². The van der Waals surface area contributed by atoms with E-state index in [1.807, 2.05) is 0 Å². The molecule has 1 heterocycles. The van der Waals surface area contributed by atoms with Gasteiger partial charge in [-0.05, 0) is 6.92 Å². The molecule has 1 aliphatic heterocycles. The molecule has 0 aromatic rings. The Morgan fingerprint density at radius 2 is 1.73 bits per heavy atom. The minimum Gasteiger partial charge on any atom is -0.391 e. The van der Waals surface area contributed by atoms with Crippen molar-refractivity contribution in [1.82, 2.24) is 0 Å². The van der Waals surface area contributed by atoms with Crippen LogP contribution in [0, 0.1) is 0 Å². The first-order valence-electron chi connectivity index (χ1n) is 3.41. The maximum absolute atomic E-state index is 9.10. The van der Waals surface area contributed by atoms with Gasteiger partial charge in [-0.15, -0.1) is 0 Å². The molecule has 5 heteroatoms. The lowest BCUT2D eigenvalue weighted by atomic mass is 10.1. The van der Waals surface area contributed by atoms with Gasteiger partial charge in [0.2, 0.25) is 0 Å². The summed E-state index contributed by atoms with van der Waals surface area (Å²) in [6.45, 7) is 1.42. The number of aliphatic hydroxyl groups is 4. The van der Waals surface area contributed by atoms with Gasteiger partial charge in [0.1, 0.15) is 18.3 Å². The second-order valence-corrected chi connectivity index (χ2v) is 2.71. The molecule has 5 nitrogen and oxygen atoms in total. The van der Waals surface area contributed by atoms with E-state index in [1.54, 1.807) is 0 Å². The fourth-order valence-corrected chi connectivity index (χ4v) is 1.08. The van der Waals surface area contributed by atoms with E-state index in [0.29, 0.717) is 0 Å². The zero-order valence-corrected chi connectivity index (χ0v) is 6.08. The summed E-state index contributed by atoms with van der Waals surface area (Å²) in [5.41, 5.74) is 0. The molecule has 1 rings (SSSR count). The van der Waals surface area contributed by atoms with Crippen LogP contribution >= 0.6 is 0 Å². The van der Waals surface area contributed by atoms with Gasteiger partial charge in [0.05, 0.1) is 6.10 Å². The third-order valence-electron chi connectivity index (χ3n) is 1.75. The average Bonchev–Trinajstić information content (AvgIpc) is 2.17. The molecule has 5 atom stereocenters. The van der Waals surface area contributed by atoms with Crippen molar-refractivity contribution in [2.45, 2.75) is 37.6 Å². The van der Waals surface area contributed by atoms with E-state index >= 15 is 0 Å². The van der Waals surface area contributed by atoms with Crippen LogP contribution in [0.15, 0.2) is 0 Å². The SMILES string of the molecule is C[C@@H](O)[C@@H]1O[C@@H](O)[C@H](O)[C@H]1O. The first-order chi connectivity index (χ1) is 5.04. The van der Waals surface area contributed by atoms with E-state index in [1.165, 1.54) is 6.92 Å². The highest BCUT2D eigenvalue weighted by Gasteiger charge is 2.43. The monoisotopic (exact) mass is 164 g/mol. The van der Waals surface area contributed by atoms with Crippen molar-refractivity contribution in [2.24, 2.45) is 0 Å². The lowest BCUT2D eigenvalue weighted by Gasteiger charge is -2.16. The molecule has 0 bridgehead atoms. The van der Waals surface area contributed by atoms with E-state index in [9.17, 15) is 0 Å². The molecule has 66 valence electrons. The lowest BCUT2D eigenvalue weighted by molar-refractivity contribution is -0.143. The maximum atomic E-state index is 9.10. The summed E-state index contributed by atoms with van der Waals surface area (Å²) >= 11 is 0. The Morgan fingerprint density at radius 1 is 1.18 bits per heavy atom. The predicted molar refractivity (Wildman–Crippen MR) is 34.6 cm³/mol. The van der Waals surface area contributed by atoms with Gasteiger partial charge in [0, 0.05) is 0 Å². The molecule has 11 heavy (non-hydrogen) atoms. The quantitative estimate of drug-likeness (QED) is 0.353. The Kier molecular flexibility index (Phi) is 2.46. The van der Waals surface area contributed by atoms with Crippen LogP contribution in [0.3, 0.4) is 0 Å². The zero-order valence-electron chi connectivity index (χ0n) is 6.08. The Morgan fingerprint density at radius 3 is 1.91 bits per heavy atom. The Labute approximate surface area is 63.8 Å². The van der Waals surface area contributed by atoms with Crippen LogP contribution in [-0.4, -0.2) is 51.1 Å². The van der Waals surface area contributed by atoms with Gasteiger partial charge in [0.25, 0.3) is 0 Å². The smallest absolute Gasteiger partial charge is 0.184 e. The minimum absolute atomic E-state index is 0.903. The van der Waals surface area contributed by atoms with Crippen LogP contribution in [0.4, 0.5) is 0 Å². The van der Waals surface area contributed by atoms with Crippen LogP contribution in [0.5, 0.6) is 0 Å². The van der Waals surface area contributed by atoms with Gasteiger partial charge in [-0.3, -0.25) is 0 Å². The second kappa shape index (κ2) is 3.04. The first kappa shape index (κ1) is 8.89. The van der Waals surface area contributed by atoms with E-state index in [0.717, 1.165) is 0 Å². The molecule has 1 aliphatic rings. The maximum Gasteiger partial charge on any atom is 0.184 e. The summed E-state index contributed by atoms with van der Waals surface area (Å²) in [4.78, 5) is 0. The van der Waals surface area contributed by atoms with Gasteiger partial charge < -0.3 is 25.2 Å². The van der Waals surface area contributed by atoms with Crippen molar-refractivity contribution in [3.8, 4) is 0 Å². The van der Waals surface area contributed by atoms with Gasteiger partial charge >= 0.3 is 0 Å². The van der Waals surface area contributed by atoms with Gasteiger partial charge in [0.15, 0.2) is 6.29 Å². The second-order valence-electron chi connectivity index (χ2n) is 2.71. The Balaban J connectivity index is 2.59. The highest BCUT2D eigenvalue weighted by atomic mass is 16.6. The third-order valence-corrected chi connectivity index (χ3v) is 1.75. The lowest BCUT2D eigenvalue weighted by Crippen LogP contribution is -2.37. The van der Waals surface area contributed by atoms with Crippen LogP contribution in [-0.2, 0) is 4.74 Å². The number of aliphatic hydroxyl groups excluding tert-OH is 4. The predicted octanol–water partition coefficient (Wildman–Crippen LogP) is -2.19.